The van der Waals surface area contributed by atoms with E-state index in [1.165, 1.54) is 0 Å². The number of hydrogen-bond acceptors (Lipinski definition) is 1. The monoisotopic (exact) mass is 343 g/mol. The second-order valence-corrected chi connectivity index (χ2v) is 16.0. The number of methoxy groups -OCH3 is 1. The molecule has 0 aliphatic carbocycles. The molecule has 0 fully saturated rings. The Labute approximate surface area is 94.2 Å². The summed E-state index contributed by atoms with van der Waals surface area (Å²) in [6, 6.07) is 7.67. The normalized spacial score (nSPS) is 7.67. The fourth-order valence-corrected chi connectivity index (χ4v) is 0.703. The van der Waals surface area contributed by atoms with Gasteiger partial charge < -0.3 is 4.74 Å². The number of para-hydroxylation sites is 1. The standard InChI is InChI=1S/C8H9O.2BrH.Zn/c1-7-5-3-4-6-8(7)9-2;;;/h3-6H,1H2,2H3;2*1H;/q;;;+2/p-2. The van der Waals surface area contributed by atoms with Gasteiger partial charge in [0.25, 0.3) is 0 Å². The number of ether oxygens (including phenoxy) is 1. The van der Waals surface area contributed by atoms with Crippen molar-refractivity contribution in [3.63, 3.8) is 0 Å². The van der Waals surface area contributed by atoms with Crippen LogP contribution in [0.5, 0.6) is 5.75 Å². The molecule has 0 aliphatic rings. The van der Waals surface area contributed by atoms with Crippen molar-refractivity contribution in [2.75, 3.05) is 7.11 Å². The SMILES string of the molecule is [Br][Zn][Br].[CH2]c1ccccc1OC. The van der Waals surface area contributed by atoms with Gasteiger partial charge in [0.05, 0.1) is 7.11 Å². The second kappa shape index (κ2) is 8.21. The van der Waals surface area contributed by atoms with Gasteiger partial charge in [-0.25, -0.2) is 0 Å². The van der Waals surface area contributed by atoms with Crippen LogP contribution >= 0.6 is 27.2 Å². The minimum absolute atomic E-state index is 0.250. The van der Waals surface area contributed by atoms with Crippen molar-refractivity contribution in [3.8, 4) is 5.75 Å². The van der Waals surface area contributed by atoms with E-state index in [4.69, 9.17) is 4.74 Å². The van der Waals surface area contributed by atoms with Crippen molar-refractivity contribution in [3.05, 3.63) is 36.8 Å². The predicted molar refractivity (Wildman–Crippen MR) is 55.3 cm³/mol. The average Bonchev–Trinajstić information content (AvgIpc) is 2.07. The van der Waals surface area contributed by atoms with Gasteiger partial charge in [-0.1, -0.05) is 18.2 Å². The average molecular weight is 346 g/mol. The summed E-state index contributed by atoms with van der Waals surface area (Å²) < 4.78 is 4.98. The Morgan fingerprint density at radius 2 is 1.83 bits per heavy atom. The third-order valence-corrected chi connectivity index (χ3v) is 1.19. The number of rotatable bonds is 1. The van der Waals surface area contributed by atoms with Crippen molar-refractivity contribution in [1.82, 2.24) is 0 Å². The number of hydrogen-bond donors (Lipinski definition) is 0. The molecule has 0 amide bonds. The maximum atomic E-state index is 4.98. The molecule has 12 heavy (non-hydrogen) atoms. The molecule has 0 atom stereocenters. The van der Waals surface area contributed by atoms with Crippen LogP contribution in [0.2, 0.25) is 0 Å². The van der Waals surface area contributed by atoms with Crippen LogP contribution in [0.15, 0.2) is 24.3 Å². The van der Waals surface area contributed by atoms with E-state index in [0.717, 1.165) is 11.3 Å². The zero-order chi connectivity index (χ0) is 9.40. The van der Waals surface area contributed by atoms with E-state index in [1.54, 1.807) is 7.11 Å². The van der Waals surface area contributed by atoms with Crippen molar-refractivity contribution >= 4 is 27.2 Å². The van der Waals surface area contributed by atoms with E-state index in [2.05, 4.69) is 34.2 Å². The van der Waals surface area contributed by atoms with Crippen LogP contribution in [-0.4, -0.2) is 7.11 Å². The summed E-state index contributed by atoms with van der Waals surface area (Å²) in [7, 11) is 1.64. The van der Waals surface area contributed by atoms with Crippen LogP contribution in [0, 0.1) is 6.92 Å². The largest absolute Gasteiger partial charge is 0.496 e. The van der Waals surface area contributed by atoms with E-state index in [9.17, 15) is 0 Å². The topological polar surface area (TPSA) is 9.23 Å². The van der Waals surface area contributed by atoms with E-state index in [1.807, 2.05) is 24.3 Å². The molecule has 0 aliphatic heterocycles. The molecule has 0 spiro atoms. The molecule has 4 heteroatoms. The molecule has 1 nitrogen and oxygen atoms in total. The van der Waals surface area contributed by atoms with Gasteiger partial charge >= 0.3 is 40.5 Å². The fourth-order valence-electron chi connectivity index (χ4n) is 0.703. The Morgan fingerprint density at radius 3 is 2.17 bits per heavy atom. The first kappa shape index (κ1) is 12.6. The van der Waals surface area contributed by atoms with Crippen LogP contribution in [0.4, 0.5) is 0 Å². The molecular weight excluding hydrogens is 337 g/mol. The van der Waals surface area contributed by atoms with Gasteiger partial charge in [-0.2, -0.15) is 0 Å². The van der Waals surface area contributed by atoms with Gasteiger partial charge in [0.2, 0.25) is 0 Å². The first-order valence-corrected chi connectivity index (χ1v) is 17.2. The Balaban J connectivity index is 0.000000354. The second-order valence-electron chi connectivity index (χ2n) is 1.91. The van der Waals surface area contributed by atoms with E-state index in [-0.39, 0.29) is 13.2 Å². The smallest absolute Gasteiger partial charge is 0.122 e. The van der Waals surface area contributed by atoms with Crippen LogP contribution in [0.3, 0.4) is 0 Å². The minimum atomic E-state index is -0.250. The van der Waals surface area contributed by atoms with Crippen LogP contribution in [0.1, 0.15) is 5.56 Å². The molecule has 0 N–H and O–H groups in total. The molecule has 0 heterocycles. The van der Waals surface area contributed by atoms with Crippen molar-refractivity contribution in [2.24, 2.45) is 0 Å². The van der Waals surface area contributed by atoms with Gasteiger partial charge in [-0.3, -0.25) is 0 Å². The molecular formula is C8H9Br2OZn. The maximum absolute atomic E-state index is 4.98. The predicted octanol–water partition coefficient (Wildman–Crippen LogP) is 3.57. The van der Waals surface area contributed by atoms with Gasteiger partial charge in [0, 0.05) is 0 Å². The summed E-state index contributed by atoms with van der Waals surface area (Å²) in [5.41, 5.74) is 0.931. The molecule has 0 unspecified atom stereocenters. The van der Waals surface area contributed by atoms with Gasteiger partial charge in [0.15, 0.2) is 0 Å². The van der Waals surface area contributed by atoms with Crippen LogP contribution < -0.4 is 4.74 Å². The van der Waals surface area contributed by atoms with E-state index < -0.39 is 0 Å². The molecule has 0 saturated heterocycles. The first-order valence-electron chi connectivity index (χ1n) is 3.33. The first-order chi connectivity index (χ1) is 5.76. The van der Waals surface area contributed by atoms with Crippen molar-refractivity contribution in [2.45, 2.75) is 0 Å². The van der Waals surface area contributed by atoms with Gasteiger partial charge in [0.1, 0.15) is 5.75 Å². The molecule has 0 saturated carbocycles. The van der Waals surface area contributed by atoms with Gasteiger partial charge in [-0.15, -0.1) is 0 Å². The summed E-state index contributed by atoms with van der Waals surface area (Å²) in [5.74, 6) is 0.845. The third kappa shape index (κ3) is 5.28. The quantitative estimate of drug-likeness (QED) is 0.707. The van der Waals surface area contributed by atoms with Crippen LogP contribution in [-0.2, 0) is 13.2 Å². The summed E-state index contributed by atoms with van der Waals surface area (Å²) >= 11 is 6.25. The molecule has 1 rings (SSSR count). The number of benzene rings is 1. The summed E-state index contributed by atoms with van der Waals surface area (Å²) in [6.07, 6.45) is 0. The maximum Gasteiger partial charge on any atom is 0.122 e. The van der Waals surface area contributed by atoms with Crippen molar-refractivity contribution < 1.29 is 17.9 Å². The Bertz CT molecular complexity index is 218. The third-order valence-electron chi connectivity index (χ3n) is 1.19. The zero-order valence-corrected chi connectivity index (χ0v) is 13.0. The molecule has 63 valence electrons. The Hall–Kier alpha value is 0.603. The summed E-state index contributed by atoms with van der Waals surface area (Å²) in [4.78, 5) is 0. The molecule has 1 aromatic carbocycles. The molecule has 1 radical (unpaired) electrons. The Morgan fingerprint density at radius 1 is 1.33 bits per heavy atom. The van der Waals surface area contributed by atoms with E-state index >= 15 is 0 Å². The summed E-state index contributed by atoms with van der Waals surface area (Å²) in [5, 5.41) is 0. The minimum Gasteiger partial charge on any atom is -0.496 e. The molecule has 1 aromatic rings. The molecule has 0 bridgehead atoms. The zero-order valence-electron chi connectivity index (χ0n) is 6.89. The summed E-state index contributed by atoms with van der Waals surface area (Å²) in [6.45, 7) is 3.77. The molecule has 0 aromatic heterocycles. The van der Waals surface area contributed by atoms with Crippen LogP contribution in [0.25, 0.3) is 0 Å². The van der Waals surface area contributed by atoms with Crippen molar-refractivity contribution in [1.29, 1.82) is 0 Å². The Kier molecular flexibility index (Phi) is 8.63. The fraction of sp³-hybridized carbons (Fsp3) is 0.125. The number of halogens is 2. The van der Waals surface area contributed by atoms with E-state index in [0.29, 0.717) is 0 Å². The van der Waals surface area contributed by atoms with Gasteiger partial charge in [-0.05, 0) is 18.6 Å².